The van der Waals surface area contributed by atoms with E-state index in [1.165, 1.54) is 10.4 Å². The van der Waals surface area contributed by atoms with Crippen LogP contribution in [0.3, 0.4) is 0 Å². The summed E-state index contributed by atoms with van der Waals surface area (Å²) >= 11 is 5.38. The quantitative estimate of drug-likeness (QED) is 0.710. The molecule has 0 unspecified atom stereocenters. The molecule has 0 fully saturated rings. The summed E-state index contributed by atoms with van der Waals surface area (Å²) in [6.07, 6.45) is 2.00. The SMILES string of the molecule is CCCNCc1sc(Cc2ccccc2Br)nc1COC. The fourth-order valence-corrected chi connectivity index (χ4v) is 3.57. The average molecular weight is 369 g/mol. The van der Waals surface area contributed by atoms with E-state index in [1.807, 2.05) is 6.07 Å². The second-order valence-electron chi connectivity index (χ2n) is 4.86. The van der Waals surface area contributed by atoms with E-state index >= 15 is 0 Å². The van der Waals surface area contributed by atoms with Crippen LogP contribution in [0, 0.1) is 0 Å². The highest BCUT2D eigenvalue weighted by molar-refractivity contribution is 9.10. The molecule has 114 valence electrons. The van der Waals surface area contributed by atoms with Gasteiger partial charge in [-0.05, 0) is 24.6 Å². The number of nitrogens with one attached hydrogen (secondary N) is 1. The van der Waals surface area contributed by atoms with Gasteiger partial charge in [-0.1, -0.05) is 41.1 Å². The maximum absolute atomic E-state index is 5.27. The van der Waals surface area contributed by atoms with Crippen molar-refractivity contribution in [3.8, 4) is 0 Å². The summed E-state index contributed by atoms with van der Waals surface area (Å²) in [6.45, 7) is 4.66. The standard InChI is InChI=1S/C16H21BrN2OS/c1-3-8-18-10-15-14(11-20-2)19-16(21-15)9-12-6-4-5-7-13(12)17/h4-7,18H,3,8-11H2,1-2H3. The molecule has 0 saturated carbocycles. The van der Waals surface area contributed by atoms with Gasteiger partial charge in [0.2, 0.25) is 0 Å². The van der Waals surface area contributed by atoms with Crippen molar-refractivity contribution in [3.05, 3.63) is 49.9 Å². The van der Waals surface area contributed by atoms with Crippen LogP contribution in [0.25, 0.3) is 0 Å². The summed E-state index contributed by atoms with van der Waals surface area (Å²) in [4.78, 5) is 6.03. The lowest BCUT2D eigenvalue weighted by Gasteiger charge is -2.02. The first-order chi connectivity index (χ1) is 10.2. The monoisotopic (exact) mass is 368 g/mol. The van der Waals surface area contributed by atoms with E-state index in [9.17, 15) is 0 Å². The molecule has 0 radical (unpaired) electrons. The number of hydrogen-bond donors (Lipinski definition) is 1. The minimum atomic E-state index is 0.579. The van der Waals surface area contributed by atoms with Crippen molar-refractivity contribution in [1.29, 1.82) is 0 Å². The fourth-order valence-electron chi connectivity index (χ4n) is 2.08. The molecule has 0 bridgehead atoms. The molecule has 1 heterocycles. The Labute approximate surface area is 138 Å². The predicted molar refractivity (Wildman–Crippen MR) is 91.8 cm³/mol. The Morgan fingerprint density at radius 3 is 2.86 bits per heavy atom. The fraction of sp³-hybridized carbons (Fsp3) is 0.438. The molecule has 2 aromatic rings. The number of halogens is 1. The third kappa shape index (κ3) is 4.88. The van der Waals surface area contributed by atoms with Crippen LogP contribution in [0.1, 0.15) is 34.5 Å². The number of benzene rings is 1. The predicted octanol–water partition coefficient (Wildman–Crippen LogP) is 4.14. The number of methoxy groups -OCH3 is 1. The van der Waals surface area contributed by atoms with E-state index in [0.29, 0.717) is 6.61 Å². The normalized spacial score (nSPS) is 11.0. The van der Waals surface area contributed by atoms with E-state index in [2.05, 4.69) is 46.4 Å². The molecule has 0 aliphatic rings. The van der Waals surface area contributed by atoms with Gasteiger partial charge in [0.05, 0.1) is 17.3 Å². The first-order valence-corrected chi connectivity index (χ1v) is 8.76. The van der Waals surface area contributed by atoms with Gasteiger partial charge in [0.25, 0.3) is 0 Å². The van der Waals surface area contributed by atoms with Crippen LogP contribution in [0.15, 0.2) is 28.7 Å². The molecule has 21 heavy (non-hydrogen) atoms. The third-order valence-electron chi connectivity index (χ3n) is 3.12. The lowest BCUT2D eigenvalue weighted by atomic mass is 10.2. The van der Waals surface area contributed by atoms with Crippen LogP contribution < -0.4 is 5.32 Å². The van der Waals surface area contributed by atoms with Crippen LogP contribution in [-0.4, -0.2) is 18.6 Å². The second kappa shape index (κ2) is 8.63. The highest BCUT2D eigenvalue weighted by Crippen LogP contribution is 2.25. The first-order valence-electron chi connectivity index (χ1n) is 7.15. The molecular formula is C16H21BrN2OS. The van der Waals surface area contributed by atoms with Crippen molar-refractivity contribution in [1.82, 2.24) is 10.3 Å². The molecule has 3 nitrogen and oxygen atoms in total. The number of aromatic nitrogens is 1. The molecule has 1 aromatic heterocycles. The van der Waals surface area contributed by atoms with Gasteiger partial charge in [0, 0.05) is 29.4 Å². The maximum atomic E-state index is 5.27. The smallest absolute Gasteiger partial charge is 0.0976 e. The molecule has 5 heteroatoms. The first kappa shape index (κ1) is 16.6. The van der Waals surface area contributed by atoms with Gasteiger partial charge in [-0.3, -0.25) is 0 Å². The van der Waals surface area contributed by atoms with Crippen LogP contribution in [-0.2, 0) is 24.3 Å². The summed E-state index contributed by atoms with van der Waals surface area (Å²) in [5.41, 5.74) is 2.33. The van der Waals surface area contributed by atoms with Crippen LogP contribution in [0.2, 0.25) is 0 Å². The molecule has 0 spiro atoms. The minimum Gasteiger partial charge on any atom is -0.378 e. The van der Waals surface area contributed by atoms with Gasteiger partial charge in [0.15, 0.2) is 0 Å². The van der Waals surface area contributed by atoms with Gasteiger partial charge in [-0.2, -0.15) is 0 Å². The molecule has 0 atom stereocenters. The Morgan fingerprint density at radius 2 is 2.14 bits per heavy atom. The van der Waals surface area contributed by atoms with Crippen molar-refractivity contribution >= 4 is 27.3 Å². The van der Waals surface area contributed by atoms with Crippen molar-refractivity contribution < 1.29 is 4.74 Å². The minimum absolute atomic E-state index is 0.579. The molecule has 0 amide bonds. The van der Waals surface area contributed by atoms with Crippen molar-refractivity contribution in [3.63, 3.8) is 0 Å². The Bertz CT molecular complexity index is 571. The highest BCUT2D eigenvalue weighted by Gasteiger charge is 2.12. The van der Waals surface area contributed by atoms with E-state index in [1.54, 1.807) is 18.4 Å². The molecular weight excluding hydrogens is 348 g/mol. The number of hydrogen-bond acceptors (Lipinski definition) is 4. The largest absolute Gasteiger partial charge is 0.378 e. The zero-order chi connectivity index (χ0) is 15.1. The lowest BCUT2D eigenvalue weighted by Crippen LogP contribution is -2.14. The topological polar surface area (TPSA) is 34.2 Å². The van der Waals surface area contributed by atoms with E-state index < -0.39 is 0 Å². The average Bonchev–Trinajstić information content (AvgIpc) is 2.84. The van der Waals surface area contributed by atoms with Gasteiger partial charge >= 0.3 is 0 Å². The Kier molecular flexibility index (Phi) is 6.83. The van der Waals surface area contributed by atoms with Crippen molar-refractivity contribution in [2.24, 2.45) is 0 Å². The van der Waals surface area contributed by atoms with E-state index in [4.69, 9.17) is 9.72 Å². The number of thiazole rings is 1. The van der Waals surface area contributed by atoms with Crippen LogP contribution in [0.5, 0.6) is 0 Å². The van der Waals surface area contributed by atoms with Crippen molar-refractivity contribution in [2.75, 3.05) is 13.7 Å². The molecule has 0 aliphatic heterocycles. The van der Waals surface area contributed by atoms with E-state index in [0.717, 1.165) is 41.1 Å². The van der Waals surface area contributed by atoms with Crippen molar-refractivity contribution in [2.45, 2.75) is 32.9 Å². The maximum Gasteiger partial charge on any atom is 0.0976 e. The second-order valence-corrected chi connectivity index (χ2v) is 6.88. The van der Waals surface area contributed by atoms with E-state index in [-0.39, 0.29) is 0 Å². The zero-order valence-electron chi connectivity index (χ0n) is 12.5. The van der Waals surface area contributed by atoms with Gasteiger partial charge < -0.3 is 10.1 Å². The number of rotatable bonds is 8. The Hall–Kier alpha value is -0.750. The summed E-state index contributed by atoms with van der Waals surface area (Å²) in [5, 5.41) is 4.59. The Balaban J connectivity index is 2.12. The summed E-state index contributed by atoms with van der Waals surface area (Å²) in [5.74, 6) is 0. The van der Waals surface area contributed by atoms with Gasteiger partial charge in [-0.15, -0.1) is 11.3 Å². The lowest BCUT2D eigenvalue weighted by molar-refractivity contribution is 0.181. The molecule has 2 rings (SSSR count). The molecule has 1 N–H and O–H groups in total. The summed E-state index contributed by atoms with van der Waals surface area (Å²) in [6, 6.07) is 8.30. The summed E-state index contributed by atoms with van der Waals surface area (Å²) < 4.78 is 6.41. The number of nitrogens with zero attached hydrogens (tertiary/aromatic N) is 1. The highest BCUT2D eigenvalue weighted by atomic mass is 79.9. The third-order valence-corrected chi connectivity index (χ3v) is 4.99. The van der Waals surface area contributed by atoms with Gasteiger partial charge in [0.1, 0.15) is 0 Å². The van der Waals surface area contributed by atoms with Crippen LogP contribution in [0.4, 0.5) is 0 Å². The Morgan fingerprint density at radius 1 is 1.33 bits per heavy atom. The number of ether oxygens (including phenoxy) is 1. The molecule has 0 saturated heterocycles. The van der Waals surface area contributed by atoms with Gasteiger partial charge in [-0.25, -0.2) is 4.98 Å². The molecule has 0 aliphatic carbocycles. The zero-order valence-corrected chi connectivity index (χ0v) is 14.9. The molecule has 1 aromatic carbocycles. The van der Waals surface area contributed by atoms with Crippen LogP contribution >= 0.6 is 27.3 Å². The summed E-state index contributed by atoms with van der Waals surface area (Å²) in [7, 11) is 1.72.